The molecule has 10 aliphatic rings. The highest BCUT2D eigenvalue weighted by Crippen LogP contribution is 2.81. The Bertz CT molecular complexity index is 4940. The molecule has 115 heavy (non-hydrogen) atoms. The minimum Gasteiger partial charge on any atom is -0.508 e. The van der Waals surface area contributed by atoms with Crippen molar-refractivity contribution >= 4 is 74.6 Å². The maximum absolute atomic E-state index is 16.2. The van der Waals surface area contributed by atoms with Crippen LogP contribution in [0.25, 0.3) is 11.1 Å². The third-order valence-electron chi connectivity index (χ3n) is 23.8. The Labute approximate surface area is 670 Å². The first-order valence-corrected chi connectivity index (χ1v) is 40.4. The molecule has 1 saturated heterocycles. The van der Waals surface area contributed by atoms with E-state index in [9.17, 15) is 73.6 Å². The third kappa shape index (κ3) is 15.9. The van der Waals surface area contributed by atoms with Gasteiger partial charge in [0.2, 0.25) is 59.2 Å². The molecule has 35 heteroatoms. The maximum atomic E-state index is 16.2. The van der Waals surface area contributed by atoms with E-state index in [2.05, 4.69) is 37.2 Å². The van der Waals surface area contributed by atoms with Crippen LogP contribution in [0, 0.1) is 35.0 Å². The molecule has 19 unspecified atom stereocenters. The van der Waals surface area contributed by atoms with Crippen molar-refractivity contribution in [2.24, 2.45) is 40.7 Å². The lowest BCUT2D eigenvalue weighted by atomic mass is 9.38. The molecule has 0 aromatic heterocycles. The second-order valence-corrected chi connectivity index (χ2v) is 33.9. The van der Waals surface area contributed by atoms with Crippen molar-refractivity contribution in [1.82, 2.24) is 41.9 Å². The van der Waals surface area contributed by atoms with E-state index in [4.69, 9.17) is 52.6 Å². The largest absolute Gasteiger partial charge is 0.508 e. The number of aromatic hydroxyl groups is 1. The van der Waals surface area contributed by atoms with E-state index in [0.717, 1.165) is 56.4 Å². The number of hydrogen-bond acceptors (Lipinski definition) is 25. The van der Waals surface area contributed by atoms with Gasteiger partial charge in [0.1, 0.15) is 71.6 Å². The molecule has 5 aliphatic carbocycles. The van der Waals surface area contributed by atoms with E-state index >= 15 is 14.4 Å². The van der Waals surface area contributed by atoms with Crippen LogP contribution in [-0.2, 0) is 54.1 Å². The van der Waals surface area contributed by atoms with Crippen LogP contribution in [0.15, 0.2) is 108 Å². The van der Waals surface area contributed by atoms with Crippen molar-refractivity contribution in [2.75, 3.05) is 26.8 Å². The van der Waals surface area contributed by atoms with Gasteiger partial charge in [-0.1, -0.05) is 74.7 Å². The number of phenolic OH excluding ortho intramolecular Hbond substituents is 1. The molecule has 32 nitrogen and oxygen atoms in total. The first kappa shape index (κ1) is 82.2. The van der Waals surface area contributed by atoms with Gasteiger partial charge in [0.25, 0.3) is 10.0 Å². The zero-order valence-electron chi connectivity index (χ0n) is 62.8. The number of nitrogens with one attached hydrogen (secondary N) is 8. The van der Waals surface area contributed by atoms with Crippen molar-refractivity contribution in [1.29, 1.82) is 0 Å². The average Bonchev–Trinajstić information content (AvgIpc) is 1.49. The maximum Gasteiger partial charge on any atom is 0.264 e. The molecule has 19 atom stereocenters. The van der Waals surface area contributed by atoms with Gasteiger partial charge in [-0.2, -0.15) is 0 Å². The Balaban J connectivity index is 0.932. The summed E-state index contributed by atoms with van der Waals surface area (Å²) >= 11 is 14.2. The first-order valence-electron chi connectivity index (χ1n) is 38.1. The summed E-state index contributed by atoms with van der Waals surface area (Å²) in [5.74, 6) is -12.1. The molecule has 5 heterocycles. The van der Waals surface area contributed by atoms with Gasteiger partial charge < -0.3 is 113 Å². The van der Waals surface area contributed by atoms with Crippen LogP contribution in [0.5, 0.6) is 40.2 Å². The van der Waals surface area contributed by atoms with Crippen LogP contribution in [0.3, 0.4) is 0 Å². The summed E-state index contributed by atoms with van der Waals surface area (Å²) in [7, 11) is -3.24. The molecule has 5 aliphatic heterocycles. The molecule has 16 rings (SSSR count). The summed E-state index contributed by atoms with van der Waals surface area (Å²) in [4.78, 5) is 105. The fraction of sp³-hybridized carbons (Fsp3) is 0.463. The number of benzene rings is 6. The zero-order chi connectivity index (χ0) is 82.2. The monoisotopic (exact) mass is 1650 g/mol. The van der Waals surface area contributed by atoms with Crippen molar-refractivity contribution in [3.63, 3.8) is 0 Å². The highest BCUT2D eigenvalue weighted by atomic mass is 35.5. The molecular formula is C80H91Cl2N9O23S. The Morgan fingerprint density at radius 2 is 1.43 bits per heavy atom. The van der Waals surface area contributed by atoms with E-state index in [1.807, 2.05) is 25.5 Å². The van der Waals surface area contributed by atoms with E-state index < -0.39 is 201 Å². The summed E-state index contributed by atoms with van der Waals surface area (Å²) in [6.07, 6.45) is -9.68. The lowest BCUT2D eigenvalue weighted by Crippen LogP contribution is -2.65. The molecule has 6 aromatic carbocycles. The topological polar surface area (TPSA) is 504 Å². The SMILES string of the molecule is CCCCOc1ccc(S(=O)(=O)NC(=O)CC2NCC(NC(=O)C(CC(C)C)NC)C(O)c3ccc(c(Cl)c3)Oc3cc4cc(c3OC3OC(CO)C(O)C(O)C3O)Oc3ccc(cc3Cl)C(O)CC(=O)NC(C(=O)NC3C5CC6CC7CC3C67C5)c3cc(O)cc5c3-c3cc(ccc3C5(O)O)C(C(N)=O)NC(=O)C4NC2=O)cc1. The van der Waals surface area contributed by atoms with E-state index in [0.29, 0.717) is 30.6 Å². The smallest absolute Gasteiger partial charge is 0.264 e. The van der Waals surface area contributed by atoms with Gasteiger partial charge in [-0.25, -0.2) is 13.1 Å². The first-order chi connectivity index (χ1) is 54.7. The van der Waals surface area contributed by atoms with E-state index in [-0.39, 0.29) is 96.1 Å². The number of carbonyl (C=O) groups is 7. The Kier molecular flexibility index (Phi) is 23.3. The van der Waals surface area contributed by atoms with Gasteiger partial charge in [0.15, 0.2) is 11.5 Å². The van der Waals surface area contributed by atoms with Crippen molar-refractivity contribution < 1.29 is 112 Å². The molecule has 4 saturated carbocycles. The normalized spacial score (nSPS) is 29.3. The molecule has 0 radical (unpaired) electrons. The van der Waals surface area contributed by atoms with Crippen LogP contribution >= 0.6 is 23.2 Å². The summed E-state index contributed by atoms with van der Waals surface area (Å²) in [6.45, 7) is 4.44. The predicted octanol–water partition coefficient (Wildman–Crippen LogP) is 3.47. The number of hydrogen-bond donors (Lipinski definition) is 18. The third-order valence-corrected chi connectivity index (χ3v) is 25.7. The number of rotatable bonds is 19. The number of aliphatic hydroxyl groups is 8. The van der Waals surface area contributed by atoms with E-state index in [1.54, 1.807) is 0 Å². The number of unbranched alkanes of at least 4 members (excludes halogenated alkanes) is 1. The Hall–Kier alpha value is -9.30. The second kappa shape index (κ2) is 32.6. The standard InChI is InChI=1S/C80H91Cl2N9O23S/c1-5-6-17-110-43-10-12-44(13-11-43)115(108,109)91-62(96)29-53-75(103)90-66-38-23-58(72(114-78-71(100)70(99)69(98)60(33-92)113-78)59(24-38)112-57-16-9-37(22-51(57)82)68(97)54(32-85-53)86-74(102)52(84-4)18-34(2)3)111-56-15-8-35(21-50(56)81)55(94)30-61(95)87-67(77(105)88-64-39-19-40-25-41-26-49(64)79(40,41)31-39)46-27-42(93)28-48-63(46)45-20-36(7-14-47(45)80(48,106)107)65(73(83)101)89-76(66)104/h7-16,20-24,27-28,34,39-41,49,52-55,60,64-71,78,84-85,92-94,97-100,106-107H,5-6,17-19,25-26,29-33H2,1-4H3,(H2,83,101)(H,86,102)(H,87,95)(H,88,105)(H,89,104)(H,90,103)(H,91,96). The number of halogens is 2. The fourth-order valence-corrected chi connectivity index (χ4v) is 19.4. The van der Waals surface area contributed by atoms with Gasteiger partial charge in [-0.3, -0.25) is 33.6 Å². The van der Waals surface area contributed by atoms with E-state index in [1.165, 1.54) is 85.9 Å². The molecule has 5 fully saturated rings. The second-order valence-electron chi connectivity index (χ2n) is 31.4. The number of aliphatic hydroxyl groups excluding tert-OH is 6. The van der Waals surface area contributed by atoms with Crippen LogP contribution in [0.4, 0.5) is 0 Å². The molecule has 19 N–H and O–H groups in total. The van der Waals surface area contributed by atoms with Gasteiger partial charge >= 0.3 is 0 Å². The minimum atomic E-state index is -4.78. The van der Waals surface area contributed by atoms with Crippen LogP contribution in [0.2, 0.25) is 10.0 Å². The molecular weight excluding hydrogens is 1560 g/mol. The van der Waals surface area contributed by atoms with Gasteiger partial charge in [0.05, 0.1) is 65.2 Å². The average molecular weight is 1650 g/mol. The summed E-state index contributed by atoms with van der Waals surface area (Å²) < 4.78 is 61.5. The van der Waals surface area contributed by atoms with Crippen molar-refractivity contribution in [2.45, 2.75) is 174 Å². The quantitative estimate of drug-likeness (QED) is 0.0408. The van der Waals surface area contributed by atoms with Crippen molar-refractivity contribution in [3.8, 4) is 51.4 Å². The fourth-order valence-electron chi connectivity index (χ4n) is 18.0. The number of ether oxygens (including phenoxy) is 5. The lowest BCUT2D eigenvalue weighted by molar-refractivity contribution is -0.277. The Morgan fingerprint density at radius 1 is 0.748 bits per heavy atom. The number of likely N-dealkylation sites (N-methyl/N-ethyl adjacent to an activating group) is 1. The van der Waals surface area contributed by atoms with Gasteiger partial charge in [-0.15, -0.1) is 0 Å². The lowest BCUT2D eigenvalue weighted by Gasteiger charge is -2.67. The predicted molar refractivity (Wildman–Crippen MR) is 409 cm³/mol. The number of fused-ring (bicyclic) bond motifs is 17. The highest BCUT2D eigenvalue weighted by molar-refractivity contribution is 7.90. The van der Waals surface area contributed by atoms with Crippen LogP contribution in [-0.4, -0.2) is 177 Å². The molecule has 7 amide bonds. The minimum absolute atomic E-state index is 0.00400. The number of phenols is 1. The molecule has 6 aromatic rings. The highest BCUT2D eigenvalue weighted by Gasteiger charge is 2.76. The zero-order valence-corrected chi connectivity index (χ0v) is 65.1. The number of amides is 7. The summed E-state index contributed by atoms with van der Waals surface area (Å²) in [5, 5.41) is 124. The number of nitrogens with two attached hydrogens (primary N) is 1. The Morgan fingerprint density at radius 3 is 2.07 bits per heavy atom. The number of carbonyl (C=O) groups excluding carboxylic acids is 7. The number of primary amides is 1. The van der Waals surface area contributed by atoms with Crippen molar-refractivity contribution in [3.05, 3.63) is 152 Å². The summed E-state index contributed by atoms with van der Waals surface area (Å²) in [5.41, 5.74) is 4.62. The molecule has 11 bridgehead atoms. The summed E-state index contributed by atoms with van der Waals surface area (Å²) in [6, 6.07) is 9.77. The van der Waals surface area contributed by atoms with Crippen LogP contribution < -0.4 is 66.6 Å². The van der Waals surface area contributed by atoms with Gasteiger partial charge in [0, 0.05) is 23.7 Å². The molecule has 1 spiro atoms. The van der Waals surface area contributed by atoms with Gasteiger partial charge in [-0.05, 0) is 198 Å². The molecule has 614 valence electrons. The number of sulfonamides is 1. The van der Waals surface area contributed by atoms with Crippen LogP contribution in [0.1, 0.15) is 148 Å².